The van der Waals surface area contributed by atoms with Gasteiger partial charge in [-0.2, -0.15) is 9.50 Å². The molecule has 0 spiro atoms. The fourth-order valence-corrected chi connectivity index (χ4v) is 2.84. The van der Waals surface area contributed by atoms with Gasteiger partial charge in [0, 0.05) is 30.6 Å². The number of anilines is 1. The highest BCUT2D eigenvalue weighted by molar-refractivity contribution is 7.20. The van der Waals surface area contributed by atoms with Crippen molar-refractivity contribution in [3.63, 3.8) is 0 Å². The maximum atomic E-state index is 11.9. The minimum absolute atomic E-state index is 0.158. The predicted molar refractivity (Wildman–Crippen MR) is 87.1 cm³/mol. The molecular weight excluding hydrogens is 316 g/mol. The fraction of sp³-hybridized carbons (Fsp3) is 0.500. The Labute approximate surface area is 136 Å². The summed E-state index contributed by atoms with van der Waals surface area (Å²) in [6.45, 7) is 6.59. The Hall–Kier alpha value is -2.29. The average molecular weight is 334 g/mol. The molecule has 0 aliphatic rings. The van der Waals surface area contributed by atoms with E-state index in [0.29, 0.717) is 34.8 Å². The Morgan fingerprint density at radius 2 is 2.22 bits per heavy atom. The Morgan fingerprint density at radius 1 is 1.39 bits per heavy atom. The molecule has 0 aliphatic heterocycles. The van der Waals surface area contributed by atoms with Crippen LogP contribution in [0.15, 0.2) is 15.4 Å². The Kier molecular flexibility index (Phi) is 4.37. The van der Waals surface area contributed by atoms with E-state index >= 15 is 0 Å². The molecule has 9 heteroatoms. The summed E-state index contributed by atoms with van der Waals surface area (Å²) in [7, 11) is 0. The smallest absolute Gasteiger partial charge is 0.275 e. The van der Waals surface area contributed by atoms with Gasteiger partial charge in [-0.3, -0.25) is 4.79 Å². The molecule has 0 fully saturated rings. The van der Waals surface area contributed by atoms with Crippen LogP contribution >= 0.6 is 11.3 Å². The second-order valence-corrected chi connectivity index (χ2v) is 6.37. The van der Waals surface area contributed by atoms with Crippen LogP contribution < -0.4 is 10.9 Å². The molecule has 3 aromatic rings. The van der Waals surface area contributed by atoms with Crippen molar-refractivity contribution in [1.29, 1.82) is 0 Å². The monoisotopic (exact) mass is 334 g/mol. The lowest BCUT2D eigenvalue weighted by molar-refractivity contribution is 0.373. The summed E-state index contributed by atoms with van der Waals surface area (Å²) < 4.78 is 6.50. The molecule has 0 amide bonds. The largest absolute Gasteiger partial charge is 0.360 e. The first-order chi connectivity index (χ1) is 11.1. The van der Waals surface area contributed by atoms with Crippen LogP contribution in [-0.2, 0) is 12.8 Å². The molecule has 0 saturated heterocycles. The lowest BCUT2D eigenvalue weighted by atomic mass is 10.2. The van der Waals surface area contributed by atoms with Gasteiger partial charge in [-0.15, -0.1) is 5.10 Å². The highest BCUT2D eigenvalue weighted by Gasteiger charge is 2.11. The van der Waals surface area contributed by atoms with Crippen molar-refractivity contribution < 1.29 is 4.52 Å². The number of aryl methyl sites for hydroxylation is 1. The SMILES string of the molecule is CCc1cc(=O)n2nc(NCCc3nc(C(C)C)no3)sc2n1. The van der Waals surface area contributed by atoms with E-state index in [4.69, 9.17) is 4.52 Å². The highest BCUT2D eigenvalue weighted by Crippen LogP contribution is 2.17. The minimum Gasteiger partial charge on any atom is -0.360 e. The van der Waals surface area contributed by atoms with Gasteiger partial charge in [0.15, 0.2) is 5.82 Å². The van der Waals surface area contributed by atoms with E-state index < -0.39 is 0 Å². The van der Waals surface area contributed by atoms with Crippen molar-refractivity contribution in [2.45, 2.75) is 39.5 Å². The first-order valence-electron chi connectivity index (χ1n) is 7.53. The molecule has 0 atom stereocenters. The maximum Gasteiger partial charge on any atom is 0.275 e. The zero-order chi connectivity index (χ0) is 16.4. The van der Waals surface area contributed by atoms with E-state index in [1.165, 1.54) is 21.9 Å². The number of fused-ring (bicyclic) bond motifs is 1. The van der Waals surface area contributed by atoms with Gasteiger partial charge in [-0.25, -0.2) is 4.98 Å². The Morgan fingerprint density at radius 3 is 2.91 bits per heavy atom. The summed E-state index contributed by atoms with van der Waals surface area (Å²) in [5.74, 6) is 1.55. The van der Waals surface area contributed by atoms with Crippen LogP contribution in [0.25, 0.3) is 4.96 Å². The number of rotatable bonds is 6. The number of nitrogens with one attached hydrogen (secondary N) is 1. The van der Waals surface area contributed by atoms with Crippen LogP contribution in [0, 0.1) is 0 Å². The standard InChI is InChI=1S/C14H18N6O2S/c1-4-9-7-11(21)20-14(16-9)23-13(18-20)15-6-5-10-17-12(8(2)3)19-22-10/h7-8H,4-6H2,1-3H3,(H,15,18). The van der Waals surface area contributed by atoms with Crippen molar-refractivity contribution in [3.05, 3.63) is 33.8 Å². The maximum absolute atomic E-state index is 11.9. The van der Waals surface area contributed by atoms with E-state index in [1.54, 1.807) is 0 Å². The second kappa shape index (κ2) is 6.45. The third kappa shape index (κ3) is 3.39. The van der Waals surface area contributed by atoms with Crippen LogP contribution in [0.1, 0.15) is 44.1 Å². The molecular formula is C14H18N6O2S. The van der Waals surface area contributed by atoms with Crippen LogP contribution in [0.5, 0.6) is 0 Å². The molecule has 122 valence electrons. The molecule has 8 nitrogen and oxygen atoms in total. The Bertz CT molecular complexity index is 866. The number of hydrogen-bond acceptors (Lipinski definition) is 8. The van der Waals surface area contributed by atoms with Gasteiger partial charge in [0.25, 0.3) is 5.56 Å². The Balaban J connectivity index is 1.67. The van der Waals surface area contributed by atoms with Crippen molar-refractivity contribution in [3.8, 4) is 0 Å². The molecule has 3 aromatic heterocycles. The summed E-state index contributed by atoms with van der Waals surface area (Å²) in [6, 6.07) is 1.52. The lowest BCUT2D eigenvalue weighted by Gasteiger charge is -1.97. The number of hydrogen-bond donors (Lipinski definition) is 1. The van der Waals surface area contributed by atoms with Crippen molar-refractivity contribution >= 4 is 21.4 Å². The highest BCUT2D eigenvalue weighted by atomic mass is 32.1. The summed E-state index contributed by atoms with van der Waals surface area (Å²) in [5.41, 5.74) is 0.618. The van der Waals surface area contributed by atoms with Gasteiger partial charge in [-0.1, -0.05) is 37.3 Å². The summed E-state index contributed by atoms with van der Waals surface area (Å²) in [4.78, 5) is 21.3. The second-order valence-electron chi connectivity index (χ2n) is 5.42. The normalized spacial score (nSPS) is 11.5. The molecule has 3 rings (SSSR count). The van der Waals surface area contributed by atoms with Gasteiger partial charge in [0.2, 0.25) is 16.0 Å². The van der Waals surface area contributed by atoms with E-state index in [-0.39, 0.29) is 11.5 Å². The summed E-state index contributed by atoms with van der Waals surface area (Å²) in [6.07, 6.45) is 1.32. The average Bonchev–Trinajstić information content (AvgIpc) is 3.14. The molecule has 23 heavy (non-hydrogen) atoms. The third-order valence-electron chi connectivity index (χ3n) is 3.28. The summed E-state index contributed by atoms with van der Waals surface area (Å²) >= 11 is 1.35. The van der Waals surface area contributed by atoms with E-state index in [2.05, 4.69) is 25.5 Å². The number of nitrogens with zero attached hydrogens (tertiary/aromatic N) is 5. The van der Waals surface area contributed by atoms with E-state index in [0.717, 1.165) is 12.1 Å². The van der Waals surface area contributed by atoms with Crippen LogP contribution in [0.2, 0.25) is 0 Å². The van der Waals surface area contributed by atoms with Gasteiger partial charge in [0.05, 0.1) is 0 Å². The van der Waals surface area contributed by atoms with Crippen molar-refractivity contribution in [1.82, 2.24) is 24.7 Å². The van der Waals surface area contributed by atoms with Crippen LogP contribution in [-0.4, -0.2) is 31.3 Å². The first-order valence-corrected chi connectivity index (χ1v) is 8.34. The van der Waals surface area contributed by atoms with Crippen LogP contribution in [0.3, 0.4) is 0 Å². The van der Waals surface area contributed by atoms with E-state index in [1.807, 2.05) is 20.8 Å². The third-order valence-corrected chi connectivity index (χ3v) is 4.14. The molecule has 0 aromatic carbocycles. The number of aromatic nitrogens is 5. The van der Waals surface area contributed by atoms with Crippen LogP contribution in [0.4, 0.5) is 5.13 Å². The zero-order valence-electron chi connectivity index (χ0n) is 13.2. The molecule has 0 bridgehead atoms. The molecule has 0 radical (unpaired) electrons. The molecule has 0 unspecified atom stereocenters. The fourth-order valence-electron chi connectivity index (χ4n) is 1.99. The quantitative estimate of drug-likeness (QED) is 0.735. The van der Waals surface area contributed by atoms with Gasteiger partial charge >= 0.3 is 0 Å². The van der Waals surface area contributed by atoms with Gasteiger partial charge in [0.1, 0.15) is 0 Å². The topological polar surface area (TPSA) is 98.2 Å². The molecule has 3 heterocycles. The van der Waals surface area contributed by atoms with Gasteiger partial charge in [-0.05, 0) is 6.42 Å². The van der Waals surface area contributed by atoms with E-state index in [9.17, 15) is 4.79 Å². The predicted octanol–water partition coefficient (Wildman–Crippen LogP) is 1.87. The lowest BCUT2D eigenvalue weighted by Crippen LogP contribution is -2.15. The first kappa shape index (κ1) is 15.6. The molecule has 1 N–H and O–H groups in total. The van der Waals surface area contributed by atoms with Crippen molar-refractivity contribution in [2.24, 2.45) is 0 Å². The van der Waals surface area contributed by atoms with Gasteiger partial charge < -0.3 is 9.84 Å². The minimum atomic E-state index is -0.158. The molecule has 0 saturated carbocycles. The summed E-state index contributed by atoms with van der Waals surface area (Å²) in [5, 5.41) is 12.0. The molecule has 0 aliphatic carbocycles. The zero-order valence-corrected chi connectivity index (χ0v) is 14.1. The van der Waals surface area contributed by atoms with Crippen molar-refractivity contribution in [2.75, 3.05) is 11.9 Å².